The third-order valence-electron chi connectivity index (χ3n) is 1.68. The molecule has 0 aliphatic carbocycles. The smallest absolute Gasteiger partial charge is 1.00 e. The number of esters is 1. The van der Waals surface area contributed by atoms with E-state index in [1.54, 1.807) is 0 Å². The normalized spacial score (nSPS) is 17.3. The third kappa shape index (κ3) is 7.01. The summed E-state index contributed by atoms with van der Waals surface area (Å²) >= 11 is 7.75. The fraction of sp³-hybridized carbons (Fsp3) is 0.714. The molecule has 0 aliphatic rings. The van der Waals surface area contributed by atoms with Crippen LogP contribution in [0.15, 0.2) is 0 Å². The summed E-state index contributed by atoms with van der Waals surface area (Å²) < 4.78 is 3.72. The summed E-state index contributed by atoms with van der Waals surface area (Å²) in [5.41, 5.74) is 0. The molecule has 0 fully saturated rings. The van der Waals surface area contributed by atoms with E-state index in [0.29, 0.717) is 0 Å². The van der Waals surface area contributed by atoms with Crippen LogP contribution in [-0.2, 0) is 9.53 Å². The minimum absolute atomic E-state index is 0. The number of rotatable bonds is 5. The van der Waals surface area contributed by atoms with Crippen molar-refractivity contribution < 1.29 is 66.0 Å². The summed E-state index contributed by atoms with van der Waals surface area (Å²) in [5.74, 6) is -1.32. The van der Waals surface area contributed by atoms with Gasteiger partial charge in [0.1, 0.15) is 18.3 Å². The van der Waals surface area contributed by atoms with Crippen molar-refractivity contribution in [3.63, 3.8) is 0 Å². The summed E-state index contributed by atoms with van der Waals surface area (Å²) in [7, 11) is 0. The van der Waals surface area contributed by atoms with Crippen LogP contribution in [0.5, 0.6) is 0 Å². The molecule has 0 saturated carbocycles. The quantitative estimate of drug-likeness (QED) is 0.128. The van der Waals surface area contributed by atoms with Crippen molar-refractivity contribution in [1.29, 1.82) is 0 Å². The van der Waals surface area contributed by atoms with E-state index >= 15 is 0 Å². The molecule has 0 radical (unpaired) electrons. The molecular weight excluding hydrogens is 283 g/mol. The topological polar surface area (TPSA) is 127 Å². The SMILES string of the molecule is O=C(OC(=S)S)[C@H](O)[C@@H](O)[C@H](O)[C@H](O)CO.[H-].[Na+]. The van der Waals surface area contributed by atoms with Crippen molar-refractivity contribution in [3.8, 4) is 0 Å². The first-order valence-electron chi connectivity index (χ1n) is 4.09. The van der Waals surface area contributed by atoms with Gasteiger partial charge in [0.15, 0.2) is 6.10 Å². The summed E-state index contributed by atoms with van der Waals surface area (Å²) in [6.07, 6.45) is -7.72. The van der Waals surface area contributed by atoms with Crippen LogP contribution in [0.25, 0.3) is 0 Å². The molecule has 0 amide bonds. The zero-order chi connectivity index (χ0) is 12.9. The van der Waals surface area contributed by atoms with E-state index < -0.39 is 41.4 Å². The average molecular weight is 296 g/mol. The number of aliphatic hydroxyl groups is 5. The molecule has 5 N–H and O–H groups in total. The van der Waals surface area contributed by atoms with Gasteiger partial charge < -0.3 is 31.7 Å². The van der Waals surface area contributed by atoms with Crippen LogP contribution in [0.1, 0.15) is 1.43 Å². The molecule has 0 saturated heterocycles. The van der Waals surface area contributed by atoms with E-state index in [1.807, 2.05) is 0 Å². The van der Waals surface area contributed by atoms with Gasteiger partial charge in [0.25, 0.3) is 0 Å². The standard InChI is InChI=1S/C7H12O7S2.Na.H/c8-1-2(9)3(10)4(11)5(12)6(13)14-7(15)16;;/h2-5,8-12H,1H2,(H,15,16);;/q;+1;-1/t2-,3-,4+,5-;;/m1../s1. The molecule has 17 heavy (non-hydrogen) atoms. The molecule has 96 valence electrons. The van der Waals surface area contributed by atoms with Crippen LogP contribution in [0.2, 0.25) is 0 Å². The Balaban J connectivity index is -0.00000112. The number of ether oxygens (including phenoxy) is 1. The van der Waals surface area contributed by atoms with Gasteiger partial charge in [-0.3, -0.25) is 0 Å². The van der Waals surface area contributed by atoms with Gasteiger partial charge in [0.05, 0.1) is 6.61 Å². The van der Waals surface area contributed by atoms with Gasteiger partial charge in [-0.25, -0.2) is 4.79 Å². The number of aliphatic hydroxyl groups excluding tert-OH is 5. The molecule has 0 aromatic carbocycles. The molecular formula is C7H13NaO7S2. The summed E-state index contributed by atoms with van der Waals surface area (Å²) in [6.45, 7) is -0.842. The van der Waals surface area contributed by atoms with Crippen molar-refractivity contribution in [3.05, 3.63) is 0 Å². The Hall–Kier alpha value is 0.710. The van der Waals surface area contributed by atoms with E-state index in [-0.39, 0.29) is 31.0 Å². The molecule has 0 rings (SSSR count). The molecule has 0 spiro atoms. The second-order valence-corrected chi connectivity index (χ2v) is 3.94. The number of hydrogen-bond acceptors (Lipinski definition) is 8. The average Bonchev–Trinajstić information content (AvgIpc) is 2.23. The monoisotopic (exact) mass is 296 g/mol. The fourth-order valence-corrected chi connectivity index (χ4v) is 0.980. The van der Waals surface area contributed by atoms with Crippen molar-refractivity contribution >= 4 is 35.2 Å². The predicted molar refractivity (Wildman–Crippen MR) is 59.9 cm³/mol. The summed E-state index contributed by atoms with van der Waals surface area (Å²) in [6, 6.07) is 0. The molecule has 0 bridgehead atoms. The first kappa shape index (κ1) is 20.0. The maximum atomic E-state index is 11.0. The van der Waals surface area contributed by atoms with Crippen LogP contribution in [0.4, 0.5) is 0 Å². The molecule has 10 heteroatoms. The van der Waals surface area contributed by atoms with Gasteiger partial charge in [-0.15, -0.1) is 0 Å². The van der Waals surface area contributed by atoms with Crippen LogP contribution < -0.4 is 29.6 Å². The molecule has 4 atom stereocenters. The first-order valence-corrected chi connectivity index (χ1v) is 4.94. The van der Waals surface area contributed by atoms with Crippen molar-refractivity contribution in [1.82, 2.24) is 0 Å². The number of thiocarbonyl (C=S) groups is 1. The Morgan fingerprint density at radius 3 is 2.12 bits per heavy atom. The van der Waals surface area contributed by atoms with Crippen molar-refractivity contribution in [2.45, 2.75) is 24.4 Å². The Labute approximate surface area is 132 Å². The van der Waals surface area contributed by atoms with Gasteiger partial charge >= 0.3 is 35.5 Å². The van der Waals surface area contributed by atoms with Crippen LogP contribution in [0.3, 0.4) is 0 Å². The second-order valence-electron chi connectivity index (χ2n) is 2.86. The van der Waals surface area contributed by atoms with E-state index in [0.717, 1.165) is 0 Å². The number of carbonyl (C=O) groups excluding carboxylic acids is 1. The number of carbonyl (C=O) groups is 1. The van der Waals surface area contributed by atoms with Crippen LogP contribution in [-0.4, -0.2) is 66.9 Å². The fourth-order valence-electron chi connectivity index (χ4n) is 0.808. The maximum Gasteiger partial charge on any atom is 1.00 e. The van der Waals surface area contributed by atoms with E-state index in [4.69, 9.17) is 15.3 Å². The Bertz CT molecular complexity index is 270. The van der Waals surface area contributed by atoms with Crippen LogP contribution in [0, 0.1) is 0 Å². The first-order chi connectivity index (χ1) is 7.31. The minimum atomic E-state index is -2.11. The maximum absolute atomic E-state index is 11.0. The molecule has 0 aliphatic heterocycles. The third-order valence-corrected chi connectivity index (χ3v) is 1.86. The van der Waals surface area contributed by atoms with Gasteiger partial charge in [-0.2, -0.15) is 0 Å². The Morgan fingerprint density at radius 2 is 1.76 bits per heavy atom. The van der Waals surface area contributed by atoms with Crippen molar-refractivity contribution in [2.75, 3.05) is 6.61 Å². The van der Waals surface area contributed by atoms with Gasteiger partial charge in [-0.1, -0.05) is 12.6 Å². The van der Waals surface area contributed by atoms with Gasteiger partial charge in [0.2, 0.25) is 4.38 Å². The number of thiol groups is 1. The largest absolute Gasteiger partial charge is 1.00 e. The zero-order valence-corrected chi connectivity index (χ0v) is 12.6. The predicted octanol–water partition coefficient (Wildman–Crippen LogP) is -5.70. The summed E-state index contributed by atoms with van der Waals surface area (Å²) in [5, 5.41) is 45.0. The van der Waals surface area contributed by atoms with E-state index in [1.165, 1.54) is 0 Å². The zero-order valence-electron chi connectivity index (χ0n) is 9.92. The molecule has 7 nitrogen and oxygen atoms in total. The number of hydrogen-bond donors (Lipinski definition) is 6. The molecule has 0 unspecified atom stereocenters. The Morgan fingerprint density at radius 1 is 1.29 bits per heavy atom. The van der Waals surface area contributed by atoms with Gasteiger partial charge in [0, 0.05) is 0 Å². The van der Waals surface area contributed by atoms with Crippen molar-refractivity contribution in [2.24, 2.45) is 0 Å². The minimum Gasteiger partial charge on any atom is -1.00 e. The Kier molecular flexibility index (Phi) is 11.3. The van der Waals surface area contributed by atoms with E-state index in [9.17, 15) is 15.0 Å². The second kappa shape index (κ2) is 9.62. The van der Waals surface area contributed by atoms with Crippen LogP contribution >= 0.6 is 24.8 Å². The summed E-state index contributed by atoms with van der Waals surface area (Å²) in [4.78, 5) is 11.0. The molecule has 0 heterocycles. The van der Waals surface area contributed by atoms with E-state index in [2.05, 4.69) is 29.6 Å². The van der Waals surface area contributed by atoms with Gasteiger partial charge in [-0.05, 0) is 12.2 Å². The molecule has 0 aromatic heterocycles. The molecule has 0 aromatic rings.